The van der Waals surface area contributed by atoms with E-state index in [1.165, 1.54) is 19.1 Å². The van der Waals surface area contributed by atoms with Crippen LogP contribution in [0.1, 0.15) is 59.3 Å². The van der Waals surface area contributed by atoms with Crippen LogP contribution in [0.5, 0.6) is 0 Å². The largest absolute Gasteiger partial charge is 0.376 e. The molecular weight excluding hydrogens is 366 g/mol. The van der Waals surface area contributed by atoms with Gasteiger partial charge in [0, 0.05) is 19.1 Å². The lowest BCUT2D eigenvalue weighted by Crippen LogP contribution is -2.60. The summed E-state index contributed by atoms with van der Waals surface area (Å²) in [4.78, 5) is 14.2. The number of ether oxygens (including phenoxy) is 1. The van der Waals surface area contributed by atoms with Crippen LogP contribution >= 0.6 is 0 Å². The van der Waals surface area contributed by atoms with Gasteiger partial charge >= 0.3 is 6.03 Å². The Labute approximate surface area is 164 Å². The van der Waals surface area contributed by atoms with Crippen LogP contribution in [-0.4, -0.2) is 63.5 Å². The summed E-state index contributed by atoms with van der Waals surface area (Å²) in [5.74, 6) is 1.48. The van der Waals surface area contributed by atoms with Gasteiger partial charge < -0.3 is 15.0 Å². The van der Waals surface area contributed by atoms with Crippen LogP contribution in [0.3, 0.4) is 0 Å². The number of urea groups is 1. The molecule has 2 N–H and O–H groups in total. The third-order valence-electron chi connectivity index (χ3n) is 5.90. The fourth-order valence-electron chi connectivity index (χ4n) is 4.34. The van der Waals surface area contributed by atoms with Crippen LogP contribution < -0.4 is 10.0 Å². The zero-order valence-electron chi connectivity index (χ0n) is 17.2. The summed E-state index contributed by atoms with van der Waals surface area (Å²) >= 11 is 0. The summed E-state index contributed by atoms with van der Waals surface area (Å²) in [7, 11) is -3.34. The molecule has 1 saturated heterocycles. The van der Waals surface area contributed by atoms with Gasteiger partial charge in [-0.15, -0.1) is 0 Å². The van der Waals surface area contributed by atoms with E-state index in [0.717, 1.165) is 31.6 Å². The number of nitrogens with one attached hydrogen (secondary N) is 2. The molecule has 27 heavy (non-hydrogen) atoms. The Bertz CT molecular complexity index is 574. The second kappa shape index (κ2) is 10.1. The van der Waals surface area contributed by atoms with E-state index in [1.54, 1.807) is 4.90 Å². The molecular formula is C19H37N3O4S. The van der Waals surface area contributed by atoms with Gasteiger partial charge in [-0.2, -0.15) is 0 Å². The summed E-state index contributed by atoms with van der Waals surface area (Å²) in [5, 5.41) is 2.84. The Morgan fingerprint density at radius 2 is 1.85 bits per heavy atom. The minimum absolute atomic E-state index is 0.144. The molecule has 158 valence electrons. The highest BCUT2D eigenvalue weighted by Crippen LogP contribution is 2.31. The summed E-state index contributed by atoms with van der Waals surface area (Å²) in [6.45, 7) is 7.99. The molecule has 1 aliphatic carbocycles. The lowest BCUT2D eigenvalue weighted by Gasteiger charge is -2.42. The third kappa shape index (κ3) is 6.91. The zero-order valence-corrected chi connectivity index (χ0v) is 18.1. The van der Waals surface area contributed by atoms with E-state index in [4.69, 9.17) is 4.74 Å². The fraction of sp³-hybridized carbons (Fsp3) is 0.947. The molecule has 2 aliphatic rings. The van der Waals surface area contributed by atoms with Crippen molar-refractivity contribution in [2.45, 2.75) is 77.5 Å². The lowest BCUT2D eigenvalue weighted by atomic mass is 9.80. The first kappa shape index (κ1) is 22.4. The van der Waals surface area contributed by atoms with Gasteiger partial charge in [0.15, 0.2) is 0 Å². The van der Waals surface area contributed by atoms with E-state index in [2.05, 4.69) is 23.9 Å². The normalized spacial score (nSPS) is 29.7. The number of hydrogen-bond acceptors (Lipinski definition) is 4. The van der Waals surface area contributed by atoms with Crippen LogP contribution in [-0.2, 0) is 14.8 Å². The summed E-state index contributed by atoms with van der Waals surface area (Å²) < 4.78 is 32.5. The molecule has 0 bridgehead atoms. The van der Waals surface area contributed by atoms with Crippen molar-refractivity contribution >= 4 is 16.1 Å². The van der Waals surface area contributed by atoms with Gasteiger partial charge in [-0.1, -0.05) is 13.8 Å². The number of piperidine rings is 1. The maximum atomic E-state index is 12.5. The van der Waals surface area contributed by atoms with Crippen LogP contribution in [0.25, 0.3) is 0 Å². The minimum atomic E-state index is -3.34. The molecule has 1 heterocycles. The van der Waals surface area contributed by atoms with Gasteiger partial charge in [-0.05, 0) is 57.3 Å². The van der Waals surface area contributed by atoms with Crippen molar-refractivity contribution < 1.29 is 17.9 Å². The van der Waals surface area contributed by atoms with Crippen molar-refractivity contribution in [3.05, 3.63) is 0 Å². The first-order chi connectivity index (χ1) is 12.7. The first-order valence-electron chi connectivity index (χ1n) is 10.3. The Balaban J connectivity index is 2.00. The minimum Gasteiger partial charge on any atom is -0.376 e. The molecule has 0 aromatic heterocycles. The predicted octanol–water partition coefficient (Wildman–Crippen LogP) is 2.33. The monoisotopic (exact) mass is 403 g/mol. The van der Waals surface area contributed by atoms with E-state index in [-0.39, 0.29) is 24.2 Å². The van der Waals surface area contributed by atoms with E-state index in [0.29, 0.717) is 25.6 Å². The molecule has 1 saturated carbocycles. The van der Waals surface area contributed by atoms with Crippen LogP contribution in [0, 0.1) is 11.8 Å². The van der Waals surface area contributed by atoms with E-state index in [1.807, 2.05) is 6.92 Å². The number of carbonyl (C=O) groups excluding carboxylic acids is 1. The van der Waals surface area contributed by atoms with Crippen LogP contribution in [0.2, 0.25) is 0 Å². The first-order valence-corrected chi connectivity index (χ1v) is 12.2. The molecule has 0 aromatic carbocycles. The number of likely N-dealkylation sites (tertiary alicyclic amines) is 1. The lowest BCUT2D eigenvalue weighted by molar-refractivity contribution is -0.0240. The molecule has 0 spiro atoms. The fourth-order valence-corrected chi connectivity index (χ4v) is 5.16. The van der Waals surface area contributed by atoms with Crippen molar-refractivity contribution in [2.75, 3.05) is 26.0 Å². The molecule has 2 atom stereocenters. The molecule has 0 aromatic rings. The Morgan fingerprint density at radius 3 is 2.41 bits per heavy atom. The molecule has 2 amide bonds. The number of hydrogen-bond donors (Lipinski definition) is 2. The number of sulfonamides is 1. The highest BCUT2D eigenvalue weighted by atomic mass is 32.2. The number of carbonyl (C=O) groups is 1. The summed E-state index contributed by atoms with van der Waals surface area (Å²) in [5.41, 5.74) is 0. The van der Waals surface area contributed by atoms with E-state index < -0.39 is 10.0 Å². The van der Waals surface area contributed by atoms with Gasteiger partial charge in [-0.25, -0.2) is 17.9 Å². The number of rotatable bonds is 7. The van der Waals surface area contributed by atoms with Crippen molar-refractivity contribution in [3.8, 4) is 0 Å². The Morgan fingerprint density at radius 1 is 1.19 bits per heavy atom. The van der Waals surface area contributed by atoms with Crippen molar-refractivity contribution in [1.82, 2.24) is 14.9 Å². The zero-order chi connectivity index (χ0) is 20.0. The van der Waals surface area contributed by atoms with Gasteiger partial charge in [0.2, 0.25) is 10.0 Å². The van der Waals surface area contributed by atoms with Gasteiger partial charge in [-0.3, -0.25) is 0 Å². The van der Waals surface area contributed by atoms with Crippen molar-refractivity contribution in [1.29, 1.82) is 0 Å². The third-order valence-corrected chi connectivity index (χ3v) is 6.63. The Kier molecular flexibility index (Phi) is 8.37. The maximum absolute atomic E-state index is 12.5. The average molecular weight is 404 g/mol. The molecule has 7 nitrogen and oxygen atoms in total. The Hall–Kier alpha value is -0.860. The standard InChI is InChI=1S/C19H37N3O4S/c1-5-20-19(23)22-12-6-7-17(21-27(4,24)25)18(22)13-26-16-10-8-15(9-11-16)14(2)3/h14-18,21H,5-13H2,1-4H3,(H,20,23)/t15-,16+,17-,18-/m1/s1. The summed E-state index contributed by atoms with van der Waals surface area (Å²) in [6.07, 6.45) is 7.32. The van der Waals surface area contributed by atoms with Crippen molar-refractivity contribution in [3.63, 3.8) is 0 Å². The molecule has 2 fully saturated rings. The predicted molar refractivity (Wildman–Crippen MR) is 107 cm³/mol. The molecule has 0 radical (unpaired) electrons. The highest BCUT2D eigenvalue weighted by Gasteiger charge is 2.36. The highest BCUT2D eigenvalue weighted by molar-refractivity contribution is 7.88. The van der Waals surface area contributed by atoms with Crippen molar-refractivity contribution in [2.24, 2.45) is 11.8 Å². The molecule has 0 unspecified atom stereocenters. The van der Waals surface area contributed by atoms with Crippen LogP contribution in [0.4, 0.5) is 4.79 Å². The van der Waals surface area contributed by atoms with Gasteiger partial charge in [0.05, 0.1) is 25.0 Å². The number of amides is 2. The second-order valence-corrected chi connectivity index (χ2v) is 10.1. The van der Waals surface area contributed by atoms with E-state index >= 15 is 0 Å². The average Bonchev–Trinajstić information content (AvgIpc) is 2.59. The SMILES string of the molecule is CCNC(=O)N1CCC[C@@H](NS(C)(=O)=O)[C@H]1CO[C@H]1CC[C@@H](C(C)C)CC1. The quantitative estimate of drug-likeness (QED) is 0.683. The van der Waals surface area contributed by atoms with E-state index in [9.17, 15) is 13.2 Å². The van der Waals surface area contributed by atoms with Gasteiger partial charge in [0.25, 0.3) is 0 Å². The molecule has 2 rings (SSSR count). The molecule has 8 heteroatoms. The second-order valence-electron chi connectivity index (χ2n) is 8.35. The maximum Gasteiger partial charge on any atom is 0.317 e. The molecule has 1 aliphatic heterocycles. The van der Waals surface area contributed by atoms with Crippen LogP contribution in [0.15, 0.2) is 0 Å². The summed E-state index contributed by atoms with van der Waals surface area (Å²) in [6, 6.07) is -0.721. The smallest absolute Gasteiger partial charge is 0.317 e. The van der Waals surface area contributed by atoms with Gasteiger partial charge in [0.1, 0.15) is 0 Å². The number of nitrogens with zero attached hydrogens (tertiary/aromatic N) is 1. The topological polar surface area (TPSA) is 87.7 Å².